The highest BCUT2D eigenvalue weighted by Crippen LogP contribution is 2.08. The largest absolute Gasteiger partial charge is 0.0776 e. The van der Waals surface area contributed by atoms with Gasteiger partial charge in [0.1, 0.15) is 0 Å². The molecule has 0 aromatic heterocycles. The Bertz CT molecular complexity index is 178. The highest BCUT2D eigenvalue weighted by molar-refractivity contribution is 5.26. The van der Waals surface area contributed by atoms with Crippen LogP contribution in [-0.4, -0.2) is 0 Å². The van der Waals surface area contributed by atoms with E-state index in [0.29, 0.717) is 0 Å². The van der Waals surface area contributed by atoms with Gasteiger partial charge >= 0.3 is 0 Å². The first-order valence-corrected chi connectivity index (χ1v) is 3.95. The molecule has 0 N–H and O–H groups in total. The van der Waals surface area contributed by atoms with Gasteiger partial charge in [0.05, 0.1) is 0 Å². The van der Waals surface area contributed by atoms with Gasteiger partial charge in [-0.2, -0.15) is 0 Å². The topological polar surface area (TPSA) is 0 Å². The van der Waals surface area contributed by atoms with Gasteiger partial charge < -0.3 is 0 Å². The lowest BCUT2D eigenvalue weighted by Crippen LogP contribution is -1.88. The first-order chi connectivity index (χ1) is 4.88. The smallest absolute Gasteiger partial charge is 0.0305 e. The average Bonchev–Trinajstić information content (AvgIpc) is 2.04. The van der Waals surface area contributed by atoms with Gasteiger partial charge in [-0.25, -0.2) is 0 Å². The average molecular weight is 150 g/mol. The molecule has 11 heavy (non-hydrogen) atoms. The zero-order valence-corrected chi connectivity index (χ0v) is 6.72. The van der Waals surface area contributed by atoms with E-state index in [1.807, 2.05) is 0 Å². The fourth-order valence-electron chi connectivity index (χ4n) is 1.25. The summed E-state index contributed by atoms with van der Waals surface area (Å²) in [6, 6.07) is 8.63. The summed E-state index contributed by atoms with van der Waals surface area (Å²) < 4.78 is 0. The molecule has 0 amide bonds. The van der Waals surface area contributed by atoms with Crippen LogP contribution in [0.25, 0.3) is 0 Å². The van der Waals surface area contributed by atoms with E-state index in [1.54, 1.807) is 0 Å². The quantitative estimate of drug-likeness (QED) is 0.605. The van der Waals surface area contributed by atoms with Crippen molar-refractivity contribution in [2.24, 2.45) is 0 Å². The van der Waals surface area contributed by atoms with Crippen molar-refractivity contribution in [1.29, 1.82) is 0 Å². The maximum Gasteiger partial charge on any atom is -0.0305 e. The second kappa shape index (κ2) is 4.95. The number of aryl methyl sites for hydroxylation is 2. The second-order valence-electron chi connectivity index (χ2n) is 2.48. The maximum absolute atomic E-state index is 2.21. The van der Waals surface area contributed by atoms with E-state index in [4.69, 9.17) is 0 Å². The van der Waals surface area contributed by atoms with E-state index >= 15 is 0 Å². The molecule has 0 saturated carbocycles. The SMILES string of the molecule is C.CCc1ccccc1CC. The van der Waals surface area contributed by atoms with Crippen molar-refractivity contribution in [3.63, 3.8) is 0 Å². The van der Waals surface area contributed by atoms with Crippen LogP contribution in [0.15, 0.2) is 24.3 Å². The lowest BCUT2D eigenvalue weighted by molar-refractivity contribution is 1.04. The Morgan fingerprint density at radius 3 is 1.55 bits per heavy atom. The minimum absolute atomic E-state index is 0. The summed E-state index contributed by atoms with van der Waals surface area (Å²) in [5.41, 5.74) is 2.98. The Kier molecular flexibility index (Phi) is 4.60. The Balaban J connectivity index is 0.000001000. The van der Waals surface area contributed by atoms with E-state index in [0.717, 1.165) is 12.8 Å². The minimum atomic E-state index is 0. The molecular weight excluding hydrogens is 132 g/mol. The van der Waals surface area contributed by atoms with Crippen LogP contribution in [0.1, 0.15) is 32.4 Å². The summed E-state index contributed by atoms with van der Waals surface area (Å²) in [6.07, 6.45) is 2.31. The van der Waals surface area contributed by atoms with Gasteiger partial charge in [0.25, 0.3) is 0 Å². The monoisotopic (exact) mass is 150 g/mol. The number of hydrogen-bond donors (Lipinski definition) is 0. The third kappa shape index (κ3) is 2.38. The van der Waals surface area contributed by atoms with E-state index in [1.165, 1.54) is 11.1 Å². The maximum atomic E-state index is 2.21. The number of benzene rings is 1. The zero-order chi connectivity index (χ0) is 7.40. The van der Waals surface area contributed by atoms with Gasteiger partial charge in [-0.15, -0.1) is 0 Å². The molecule has 0 atom stereocenters. The van der Waals surface area contributed by atoms with E-state index in [-0.39, 0.29) is 7.43 Å². The molecule has 0 radical (unpaired) electrons. The normalized spacial score (nSPS) is 8.91. The third-order valence-electron chi connectivity index (χ3n) is 1.88. The third-order valence-corrected chi connectivity index (χ3v) is 1.88. The Hall–Kier alpha value is -0.780. The van der Waals surface area contributed by atoms with Crippen LogP contribution in [0.4, 0.5) is 0 Å². The summed E-state index contributed by atoms with van der Waals surface area (Å²) in [5.74, 6) is 0. The number of rotatable bonds is 2. The molecule has 0 saturated heterocycles. The van der Waals surface area contributed by atoms with Crippen molar-refractivity contribution in [2.45, 2.75) is 34.1 Å². The Morgan fingerprint density at radius 1 is 0.909 bits per heavy atom. The van der Waals surface area contributed by atoms with Crippen LogP contribution in [0.3, 0.4) is 0 Å². The van der Waals surface area contributed by atoms with Crippen LogP contribution in [0.2, 0.25) is 0 Å². The summed E-state index contributed by atoms with van der Waals surface area (Å²) in [6.45, 7) is 4.41. The van der Waals surface area contributed by atoms with Gasteiger partial charge in [-0.05, 0) is 24.0 Å². The molecule has 62 valence electrons. The molecule has 0 nitrogen and oxygen atoms in total. The molecule has 0 aliphatic rings. The van der Waals surface area contributed by atoms with Gasteiger partial charge in [-0.3, -0.25) is 0 Å². The van der Waals surface area contributed by atoms with E-state index in [2.05, 4.69) is 38.1 Å². The van der Waals surface area contributed by atoms with Gasteiger partial charge in [0.2, 0.25) is 0 Å². The molecule has 1 aromatic carbocycles. The molecule has 0 bridgehead atoms. The standard InChI is InChI=1S/C10H14.CH4/c1-3-9-7-5-6-8-10(9)4-2;/h5-8H,3-4H2,1-2H3;1H4. The van der Waals surface area contributed by atoms with Crippen LogP contribution in [0.5, 0.6) is 0 Å². The fraction of sp³-hybridized carbons (Fsp3) is 0.455. The highest BCUT2D eigenvalue weighted by atomic mass is 14.0. The Labute approximate surface area is 70.3 Å². The van der Waals surface area contributed by atoms with Gasteiger partial charge in [-0.1, -0.05) is 45.5 Å². The van der Waals surface area contributed by atoms with E-state index < -0.39 is 0 Å². The lowest BCUT2D eigenvalue weighted by atomic mass is 10.0. The molecular formula is C11H18. The molecule has 0 heteroatoms. The second-order valence-corrected chi connectivity index (χ2v) is 2.48. The summed E-state index contributed by atoms with van der Waals surface area (Å²) in [7, 11) is 0. The van der Waals surface area contributed by atoms with Crippen LogP contribution >= 0.6 is 0 Å². The first-order valence-electron chi connectivity index (χ1n) is 3.95. The Morgan fingerprint density at radius 2 is 1.27 bits per heavy atom. The van der Waals surface area contributed by atoms with E-state index in [9.17, 15) is 0 Å². The van der Waals surface area contributed by atoms with Crippen LogP contribution in [0, 0.1) is 0 Å². The molecule has 0 aliphatic carbocycles. The molecule has 0 spiro atoms. The van der Waals surface area contributed by atoms with Crippen molar-refractivity contribution in [3.8, 4) is 0 Å². The van der Waals surface area contributed by atoms with Crippen molar-refractivity contribution in [1.82, 2.24) is 0 Å². The fourth-order valence-corrected chi connectivity index (χ4v) is 1.25. The van der Waals surface area contributed by atoms with Crippen molar-refractivity contribution >= 4 is 0 Å². The minimum Gasteiger partial charge on any atom is -0.0776 e. The zero-order valence-electron chi connectivity index (χ0n) is 6.72. The van der Waals surface area contributed by atoms with Crippen LogP contribution in [-0.2, 0) is 12.8 Å². The van der Waals surface area contributed by atoms with Gasteiger partial charge in [0, 0.05) is 0 Å². The predicted molar refractivity (Wildman–Crippen MR) is 51.9 cm³/mol. The first kappa shape index (κ1) is 10.2. The van der Waals surface area contributed by atoms with Gasteiger partial charge in [0.15, 0.2) is 0 Å². The molecule has 0 aliphatic heterocycles. The summed E-state index contributed by atoms with van der Waals surface area (Å²) in [4.78, 5) is 0. The molecule has 0 unspecified atom stereocenters. The van der Waals surface area contributed by atoms with Crippen LogP contribution < -0.4 is 0 Å². The highest BCUT2D eigenvalue weighted by Gasteiger charge is 1.93. The molecule has 0 heterocycles. The number of hydrogen-bond acceptors (Lipinski definition) is 0. The predicted octanol–water partition coefficient (Wildman–Crippen LogP) is 3.45. The lowest BCUT2D eigenvalue weighted by Gasteiger charge is -2.02. The molecule has 0 fully saturated rings. The molecule has 1 rings (SSSR count). The summed E-state index contributed by atoms with van der Waals surface area (Å²) in [5, 5.41) is 0. The van der Waals surface area contributed by atoms with Crippen molar-refractivity contribution in [2.75, 3.05) is 0 Å². The summed E-state index contributed by atoms with van der Waals surface area (Å²) >= 11 is 0. The van der Waals surface area contributed by atoms with Crippen molar-refractivity contribution in [3.05, 3.63) is 35.4 Å². The van der Waals surface area contributed by atoms with Crippen molar-refractivity contribution < 1.29 is 0 Å². The molecule has 1 aromatic rings.